The summed E-state index contributed by atoms with van der Waals surface area (Å²) in [5.41, 5.74) is 1.74. The molecule has 116 valence electrons. The maximum atomic E-state index is 12.6. The van der Waals surface area contributed by atoms with Crippen LogP contribution in [0, 0.1) is 0 Å². The SMILES string of the molecule is O=C(c1ccc2[nH]ccc2c1)N1CCC(Oc2cnccn2)C1. The molecule has 0 radical (unpaired) electrons. The number of carbonyl (C=O) groups excluding carboxylic acids is 1. The molecule has 1 fully saturated rings. The van der Waals surface area contributed by atoms with Gasteiger partial charge >= 0.3 is 0 Å². The number of nitrogens with zero attached hydrogens (tertiary/aromatic N) is 3. The molecule has 1 unspecified atom stereocenters. The van der Waals surface area contributed by atoms with Crippen molar-refractivity contribution in [2.24, 2.45) is 0 Å². The van der Waals surface area contributed by atoms with E-state index in [0.717, 1.165) is 17.3 Å². The Hall–Kier alpha value is -2.89. The summed E-state index contributed by atoms with van der Waals surface area (Å²) in [6.45, 7) is 1.26. The van der Waals surface area contributed by atoms with Crippen LogP contribution in [-0.2, 0) is 0 Å². The van der Waals surface area contributed by atoms with Gasteiger partial charge in [0.2, 0.25) is 5.88 Å². The van der Waals surface area contributed by atoms with Crippen molar-refractivity contribution in [1.29, 1.82) is 0 Å². The van der Waals surface area contributed by atoms with Crippen LogP contribution in [0.3, 0.4) is 0 Å². The van der Waals surface area contributed by atoms with Crippen molar-refractivity contribution in [3.8, 4) is 5.88 Å². The summed E-state index contributed by atoms with van der Waals surface area (Å²) >= 11 is 0. The molecule has 23 heavy (non-hydrogen) atoms. The van der Waals surface area contributed by atoms with Gasteiger partial charge in [0.1, 0.15) is 6.10 Å². The topological polar surface area (TPSA) is 71.1 Å². The van der Waals surface area contributed by atoms with Gasteiger partial charge < -0.3 is 14.6 Å². The van der Waals surface area contributed by atoms with Crippen LogP contribution in [-0.4, -0.2) is 45.0 Å². The molecule has 0 spiro atoms. The minimum absolute atomic E-state index is 0.0355. The number of amides is 1. The number of hydrogen-bond donors (Lipinski definition) is 1. The summed E-state index contributed by atoms with van der Waals surface area (Å²) in [6.07, 6.45) is 7.43. The smallest absolute Gasteiger partial charge is 0.254 e. The van der Waals surface area contributed by atoms with Crippen LogP contribution in [0.4, 0.5) is 0 Å². The number of carbonyl (C=O) groups is 1. The normalized spacial score (nSPS) is 17.6. The second kappa shape index (κ2) is 5.72. The van der Waals surface area contributed by atoms with Crippen LogP contribution in [0.2, 0.25) is 0 Å². The summed E-state index contributed by atoms with van der Waals surface area (Å²) in [4.78, 5) is 25.7. The van der Waals surface area contributed by atoms with Crippen molar-refractivity contribution in [1.82, 2.24) is 19.9 Å². The highest BCUT2D eigenvalue weighted by molar-refractivity contribution is 5.98. The van der Waals surface area contributed by atoms with E-state index in [1.807, 2.05) is 35.4 Å². The van der Waals surface area contributed by atoms with E-state index in [1.54, 1.807) is 18.6 Å². The van der Waals surface area contributed by atoms with Gasteiger partial charge in [0.05, 0.1) is 12.7 Å². The minimum atomic E-state index is -0.0355. The highest BCUT2D eigenvalue weighted by Gasteiger charge is 2.28. The summed E-state index contributed by atoms with van der Waals surface area (Å²) in [6, 6.07) is 7.69. The molecule has 2 aromatic heterocycles. The zero-order valence-electron chi connectivity index (χ0n) is 12.5. The summed E-state index contributed by atoms with van der Waals surface area (Å²) in [5, 5.41) is 1.04. The molecule has 1 aromatic carbocycles. The second-order valence-electron chi connectivity index (χ2n) is 5.60. The summed E-state index contributed by atoms with van der Waals surface area (Å²) in [5.74, 6) is 0.541. The van der Waals surface area contributed by atoms with E-state index in [2.05, 4.69) is 15.0 Å². The third kappa shape index (κ3) is 2.75. The average molecular weight is 308 g/mol. The number of likely N-dealkylation sites (tertiary alicyclic amines) is 1. The number of fused-ring (bicyclic) bond motifs is 1. The van der Waals surface area contributed by atoms with Gasteiger partial charge in [-0.2, -0.15) is 0 Å². The average Bonchev–Trinajstić information content (AvgIpc) is 3.23. The number of aromatic nitrogens is 3. The molecule has 1 amide bonds. The first-order chi connectivity index (χ1) is 11.3. The summed E-state index contributed by atoms with van der Waals surface area (Å²) < 4.78 is 5.78. The Morgan fingerprint density at radius 3 is 3.13 bits per heavy atom. The molecule has 1 atom stereocenters. The van der Waals surface area contributed by atoms with Gasteiger partial charge in [0.25, 0.3) is 5.91 Å². The van der Waals surface area contributed by atoms with Gasteiger partial charge in [-0.15, -0.1) is 0 Å². The van der Waals surface area contributed by atoms with E-state index in [4.69, 9.17) is 4.74 Å². The fraction of sp³-hybridized carbons (Fsp3) is 0.235. The van der Waals surface area contributed by atoms with Crippen molar-refractivity contribution in [2.75, 3.05) is 13.1 Å². The monoisotopic (exact) mass is 308 g/mol. The van der Waals surface area contributed by atoms with E-state index in [-0.39, 0.29) is 12.0 Å². The Kier molecular flexibility index (Phi) is 3.42. The molecule has 3 heterocycles. The third-order valence-corrected chi connectivity index (χ3v) is 4.06. The van der Waals surface area contributed by atoms with Crippen LogP contribution >= 0.6 is 0 Å². The first kappa shape index (κ1) is 13.8. The Bertz CT molecular complexity index is 831. The molecule has 4 rings (SSSR count). The Labute approximate surface area is 133 Å². The molecular weight excluding hydrogens is 292 g/mol. The minimum Gasteiger partial charge on any atom is -0.471 e. The molecule has 3 aromatic rings. The van der Waals surface area contributed by atoms with Crippen molar-refractivity contribution < 1.29 is 9.53 Å². The third-order valence-electron chi connectivity index (χ3n) is 4.06. The van der Waals surface area contributed by atoms with Gasteiger partial charge in [-0.25, -0.2) is 4.98 Å². The fourth-order valence-electron chi connectivity index (χ4n) is 2.89. The molecule has 0 bridgehead atoms. The lowest BCUT2D eigenvalue weighted by molar-refractivity contribution is 0.0771. The number of nitrogens with one attached hydrogen (secondary N) is 1. The van der Waals surface area contributed by atoms with Crippen molar-refractivity contribution >= 4 is 16.8 Å². The molecule has 6 heteroatoms. The molecular formula is C17H16N4O2. The van der Waals surface area contributed by atoms with Crippen molar-refractivity contribution in [2.45, 2.75) is 12.5 Å². The molecule has 6 nitrogen and oxygen atoms in total. The van der Waals surface area contributed by atoms with Gasteiger partial charge in [-0.1, -0.05) is 0 Å². The highest BCUT2D eigenvalue weighted by Crippen LogP contribution is 2.20. The van der Waals surface area contributed by atoms with E-state index in [0.29, 0.717) is 24.5 Å². The maximum absolute atomic E-state index is 12.6. The fourth-order valence-corrected chi connectivity index (χ4v) is 2.89. The number of aromatic amines is 1. The molecule has 1 aliphatic rings. The maximum Gasteiger partial charge on any atom is 0.254 e. The molecule has 1 N–H and O–H groups in total. The predicted molar refractivity (Wildman–Crippen MR) is 85.3 cm³/mol. The number of hydrogen-bond acceptors (Lipinski definition) is 4. The van der Waals surface area contributed by atoms with Crippen molar-refractivity contribution in [3.05, 3.63) is 54.6 Å². The highest BCUT2D eigenvalue weighted by atomic mass is 16.5. The first-order valence-corrected chi connectivity index (χ1v) is 7.59. The molecule has 0 aliphatic carbocycles. The second-order valence-corrected chi connectivity index (χ2v) is 5.60. The van der Waals surface area contributed by atoms with Gasteiger partial charge in [0.15, 0.2) is 0 Å². The summed E-state index contributed by atoms with van der Waals surface area (Å²) in [7, 11) is 0. The van der Waals surface area contributed by atoms with E-state index >= 15 is 0 Å². The quantitative estimate of drug-likeness (QED) is 0.805. The first-order valence-electron chi connectivity index (χ1n) is 7.59. The largest absolute Gasteiger partial charge is 0.471 e. The lowest BCUT2D eigenvalue weighted by atomic mass is 10.1. The van der Waals surface area contributed by atoms with Crippen LogP contribution in [0.25, 0.3) is 10.9 Å². The lowest BCUT2D eigenvalue weighted by Crippen LogP contribution is -2.31. The van der Waals surface area contributed by atoms with Gasteiger partial charge in [-0.3, -0.25) is 9.78 Å². The number of ether oxygens (including phenoxy) is 1. The van der Waals surface area contributed by atoms with Gasteiger partial charge in [-0.05, 0) is 24.3 Å². The number of rotatable bonds is 3. The van der Waals surface area contributed by atoms with Crippen molar-refractivity contribution in [3.63, 3.8) is 0 Å². The molecule has 0 saturated carbocycles. The van der Waals surface area contributed by atoms with Gasteiger partial charge in [0, 0.05) is 48.0 Å². The number of H-pyrrole nitrogens is 1. The van der Waals surface area contributed by atoms with Crippen LogP contribution in [0.15, 0.2) is 49.1 Å². The van der Waals surface area contributed by atoms with E-state index in [1.165, 1.54) is 0 Å². The Morgan fingerprint density at radius 2 is 2.26 bits per heavy atom. The zero-order valence-corrected chi connectivity index (χ0v) is 12.5. The van der Waals surface area contributed by atoms with Crippen LogP contribution < -0.4 is 4.74 Å². The zero-order chi connectivity index (χ0) is 15.6. The van der Waals surface area contributed by atoms with E-state index < -0.39 is 0 Å². The van der Waals surface area contributed by atoms with Crippen LogP contribution in [0.1, 0.15) is 16.8 Å². The molecule has 1 aliphatic heterocycles. The standard InChI is InChI=1S/C17H16N4O2/c22-17(13-1-2-15-12(9-13)3-5-19-15)21-8-4-14(11-21)23-16-10-18-6-7-20-16/h1-3,5-7,9-10,14,19H,4,8,11H2. The predicted octanol–water partition coefficient (Wildman–Crippen LogP) is 2.25. The Balaban J connectivity index is 1.45. The van der Waals surface area contributed by atoms with Crippen LogP contribution in [0.5, 0.6) is 5.88 Å². The van der Waals surface area contributed by atoms with E-state index in [9.17, 15) is 4.79 Å². The lowest BCUT2D eigenvalue weighted by Gasteiger charge is -2.17. The Morgan fingerprint density at radius 1 is 1.30 bits per heavy atom. The molecule has 1 saturated heterocycles. The number of benzene rings is 1.